The zero-order valence-electron chi connectivity index (χ0n) is 23.2. The van der Waals surface area contributed by atoms with Crippen molar-refractivity contribution in [1.82, 2.24) is 10.2 Å². The van der Waals surface area contributed by atoms with E-state index in [1.165, 1.54) is 0 Å². The smallest absolute Gasteiger partial charge is 0.405 e. The Kier molecular flexibility index (Phi) is 10.2. The van der Waals surface area contributed by atoms with Gasteiger partial charge in [0.15, 0.2) is 0 Å². The van der Waals surface area contributed by atoms with E-state index in [1.54, 1.807) is 24.1 Å². The molecule has 0 saturated carbocycles. The second-order valence-electron chi connectivity index (χ2n) is 10.2. The van der Waals surface area contributed by atoms with Crippen LogP contribution in [0.1, 0.15) is 35.1 Å². The molecule has 0 unspecified atom stereocenters. The number of benzene rings is 3. The summed E-state index contributed by atoms with van der Waals surface area (Å²) in [5.41, 5.74) is 3.51. The Hall–Kier alpha value is -3.88. The molecule has 40 heavy (non-hydrogen) atoms. The van der Waals surface area contributed by atoms with Gasteiger partial charge in [0.1, 0.15) is 17.4 Å². The lowest BCUT2D eigenvalue weighted by Gasteiger charge is -2.51. The summed E-state index contributed by atoms with van der Waals surface area (Å²) in [6, 6.07) is 24.5. The number of nitrogens with zero attached hydrogens (tertiary/aromatic N) is 1. The highest BCUT2D eigenvalue weighted by molar-refractivity contribution is 5.86. The number of unbranched alkanes of at least 4 members (excludes halogenated alkanes) is 1. The molecular weight excluding hydrogens is 508 g/mol. The molecule has 2 amide bonds. The van der Waals surface area contributed by atoms with Crippen LogP contribution in [0.15, 0.2) is 78.9 Å². The molecule has 8 heteroatoms. The summed E-state index contributed by atoms with van der Waals surface area (Å²) in [6.07, 6.45) is 0.707. The molecule has 212 valence electrons. The molecule has 0 bridgehead atoms. The number of hydrogen-bond donors (Lipinski definition) is 2. The van der Waals surface area contributed by atoms with E-state index < -0.39 is 17.7 Å². The number of hydrogen-bond acceptors (Lipinski definition) is 5. The second kappa shape index (κ2) is 14.0. The number of methoxy groups -OCH3 is 1. The number of likely N-dealkylation sites (tertiary alicyclic amines) is 1. The van der Waals surface area contributed by atoms with E-state index in [0.29, 0.717) is 38.7 Å². The average molecular weight is 547 g/mol. The third-order valence-electron chi connectivity index (χ3n) is 7.21. The van der Waals surface area contributed by atoms with Gasteiger partial charge >= 0.3 is 6.09 Å². The first-order valence-electron chi connectivity index (χ1n) is 13.6. The van der Waals surface area contributed by atoms with Crippen molar-refractivity contribution in [3.63, 3.8) is 0 Å². The van der Waals surface area contributed by atoms with E-state index in [9.17, 15) is 14.7 Å². The molecule has 1 aliphatic heterocycles. The van der Waals surface area contributed by atoms with Gasteiger partial charge in [0.25, 0.3) is 0 Å². The van der Waals surface area contributed by atoms with Gasteiger partial charge in [-0.2, -0.15) is 0 Å². The molecule has 0 spiro atoms. The lowest BCUT2D eigenvalue weighted by molar-refractivity contribution is -0.175. The standard InChI is InChI=1S/C32H38N2O6/c1-24-10-6-7-13-28(24)32(40-19-9-8-18-39-21-26-11-4-3-5-12-26)22-34(23-32)30(35)29(33-31(36)37)20-25-14-16-27(38-2)17-15-25/h3-7,10-17,29,33H,8-9,18-23H2,1-2H3,(H,36,37)/t29-/m1/s1. The minimum atomic E-state index is -1.23. The van der Waals surface area contributed by atoms with E-state index >= 15 is 0 Å². The van der Waals surface area contributed by atoms with Gasteiger partial charge in [0, 0.05) is 19.6 Å². The lowest BCUT2D eigenvalue weighted by atomic mass is 9.82. The van der Waals surface area contributed by atoms with Crippen LogP contribution in [0.2, 0.25) is 0 Å². The van der Waals surface area contributed by atoms with Crippen LogP contribution in [0.4, 0.5) is 4.79 Å². The molecule has 2 N–H and O–H groups in total. The fourth-order valence-electron chi connectivity index (χ4n) is 5.05. The van der Waals surface area contributed by atoms with Crippen LogP contribution in [0, 0.1) is 6.92 Å². The van der Waals surface area contributed by atoms with Crippen molar-refractivity contribution < 1.29 is 28.9 Å². The number of carbonyl (C=O) groups is 2. The number of amides is 2. The average Bonchev–Trinajstić information content (AvgIpc) is 2.94. The largest absolute Gasteiger partial charge is 0.497 e. The van der Waals surface area contributed by atoms with Crippen molar-refractivity contribution >= 4 is 12.0 Å². The summed E-state index contributed by atoms with van der Waals surface area (Å²) >= 11 is 0. The molecule has 4 rings (SSSR count). The third-order valence-corrected chi connectivity index (χ3v) is 7.21. The Bertz CT molecular complexity index is 1240. The van der Waals surface area contributed by atoms with Crippen molar-refractivity contribution in [3.05, 3.63) is 101 Å². The number of ether oxygens (including phenoxy) is 3. The Morgan fingerprint density at radius 1 is 0.925 bits per heavy atom. The summed E-state index contributed by atoms with van der Waals surface area (Å²) in [6.45, 7) is 4.54. The fourth-order valence-corrected chi connectivity index (χ4v) is 5.05. The predicted octanol–water partition coefficient (Wildman–Crippen LogP) is 4.93. The summed E-state index contributed by atoms with van der Waals surface area (Å²) in [5, 5.41) is 11.8. The molecule has 1 saturated heterocycles. The Labute approximate surface area is 235 Å². The Balaban J connectivity index is 1.35. The van der Waals surface area contributed by atoms with Gasteiger partial charge in [0.2, 0.25) is 5.91 Å². The SMILES string of the molecule is COc1ccc(C[C@@H](NC(=O)O)C(=O)N2CC(OCCCCOCc3ccccc3)(c3ccccc3C)C2)cc1. The number of aryl methyl sites for hydroxylation is 1. The highest BCUT2D eigenvalue weighted by atomic mass is 16.5. The van der Waals surface area contributed by atoms with Crippen LogP contribution >= 0.6 is 0 Å². The molecule has 1 aliphatic rings. The van der Waals surface area contributed by atoms with Gasteiger partial charge in [-0.25, -0.2) is 4.79 Å². The van der Waals surface area contributed by atoms with Crippen LogP contribution in [-0.4, -0.2) is 61.5 Å². The summed E-state index contributed by atoms with van der Waals surface area (Å²) in [5.74, 6) is 0.434. The quantitative estimate of drug-likeness (QED) is 0.278. The molecule has 0 aliphatic carbocycles. The van der Waals surface area contributed by atoms with Crippen LogP contribution in [0.5, 0.6) is 5.75 Å². The first-order chi connectivity index (χ1) is 19.4. The molecule has 1 fully saturated rings. The fraction of sp³-hybridized carbons (Fsp3) is 0.375. The number of carboxylic acid groups (broad SMARTS) is 1. The third kappa shape index (κ3) is 7.61. The first kappa shape index (κ1) is 29.1. The lowest BCUT2D eigenvalue weighted by Crippen LogP contribution is -2.66. The van der Waals surface area contributed by atoms with Crippen molar-refractivity contribution in [3.8, 4) is 5.75 Å². The van der Waals surface area contributed by atoms with Gasteiger partial charge in [-0.05, 0) is 54.2 Å². The molecule has 1 heterocycles. The minimum absolute atomic E-state index is 0.243. The molecule has 8 nitrogen and oxygen atoms in total. The first-order valence-corrected chi connectivity index (χ1v) is 13.6. The van der Waals surface area contributed by atoms with Crippen molar-refractivity contribution in [2.75, 3.05) is 33.4 Å². The topological polar surface area (TPSA) is 97.3 Å². The van der Waals surface area contributed by atoms with Gasteiger partial charge in [0.05, 0.1) is 26.8 Å². The maximum atomic E-state index is 13.5. The Morgan fingerprint density at radius 3 is 2.27 bits per heavy atom. The van der Waals surface area contributed by atoms with Crippen molar-refractivity contribution in [2.45, 2.75) is 44.4 Å². The zero-order valence-corrected chi connectivity index (χ0v) is 23.2. The van der Waals surface area contributed by atoms with Crippen LogP contribution in [-0.2, 0) is 32.9 Å². The molecule has 0 radical (unpaired) electrons. The van der Waals surface area contributed by atoms with E-state index in [2.05, 4.69) is 5.32 Å². The molecule has 3 aromatic carbocycles. The predicted molar refractivity (Wildman–Crippen MR) is 152 cm³/mol. The second-order valence-corrected chi connectivity index (χ2v) is 10.2. The van der Waals surface area contributed by atoms with Crippen LogP contribution in [0.25, 0.3) is 0 Å². The highest BCUT2D eigenvalue weighted by Gasteiger charge is 2.49. The van der Waals surface area contributed by atoms with E-state index in [1.807, 2.05) is 73.7 Å². The maximum Gasteiger partial charge on any atom is 0.405 e. The van der Waals surface area contributed by atoms with E-state index in [-0.39, 0.29) is 12.3 Å². The molecule has 1 atom stereocenters. The van der Waals surface area contributed by atoms with E-state index in [0.717, 1.165) is 35.1 Å². The normalized spacial score (nSPS) is 14.7. The molecule has 3 aromatic rings. The van der Waals surface area contributed by atoms with E-state index in [4.69, 9.17) is 14.2 Å². The van der Waals surface area contributed by atoms with Crippen molar-refractivity contribution in [2.24, 2.45) is 0 Å². The minimum Gasteiger partial charge on any atom is -0.497 e. The maximum absolute atomic E-state index is 13.5. The number of rotatable bonds is 14. The molecular formula is C32H38N2O6. The Morgan fingerprint density at radius 2 is 1.60 bits per heavy atom. The summed E-state index contributed by atoms with van der Waals surface area (Å²) < 4.78 is 17.5. The molecule has 0 aromatic heterocycles. The number of carbonyl (C=O) groups excluding carboxylic acids is 1. The van der Waals surface area contributed by atoms with Gasteiger partial charge < -0.3 is 29.5 Å². The summed E-state index contributed by atoms with van der Waals surface area (Å²) in [4.78, 5) is 26.7. The van der Waals surface area contributed by atoms with Gasteiger partial charge in [-0.3, -0.25) is 4.79 Å². The van der Waals surface area contributed by atoms with Gasteiger partial charge in [-0.1, -0.05) is 66.7 Å². The number of nitrogens with one attached hydrogen (secondary N) is 1. The van der Waals surface area contributed by atoms with Crippen molar-refractivity contribution in [1.29, 1.82) is 0 Å². The summed E-state index contributed by atoms with van der Waals surface area (Å²) in [7, 11) is 1.58. The van der Waals surface area contributed by atoms with Crippen LogP contribution in [0.3, 0.4) is 0 Å². The van der Waals surface area contributed by atoms with Crippen LogP contribution < -0.4 is 10.1 Å². The zero-order chi connectivity index (χ0) is 28.4. The monoisotopic (exact) mass is 546 g/mol. The highest BCUT2D eigenvalue weighted by Crippen LogP contribution is 2.38. The van der Waals surface area contributed by atoms with Gasteiger partial charge in [-0.15, -0.1) is 0 Å².